The molecule has 2 aromatic carbocycles. The first-order valence-electron chi connectivity index (χ1n) is 7.35. The molecule has 2 aromatic rings. The van der Waals surface area contributed by atoms with Crippen molar-refractivity contribution in [2.75, 3.05) is 0 Å². The third-order valence-electron chi connectivity index (χ3n) is 4.23. The largest absolute Gasteiger partial charge is 0.388 e. The third-order valence-corrected chi connectivity index (χ3v) is 4.23. The van der Waals surface area contributed by atoms with E-state index < -0.39 is 6.10 Å². The second-order valence-electron chi connectivity index (χ2n) is 6.06. The standard InChI is InChI=1S/C19H24O/c1-4-19(2,3)17-12-10-16(11-13-17)18(20)14-15-8-6-5-7-9-15/h5-13,18,20H,4,14H2,1-3H3. The van der Waals surface area contributed by atoms with E-state index in [1.807, 2.05) is 18.2 Å². The lowest BCUT2D eigenvalue weighted by Crippen LogP contribution is -2.15. The number of rotatable bonds is 5. The maximum absolute atomic E-state index is 10.3. The van der Waals surface area contributed by atoms with E-state index in [0.717, 1.165) is 17.5 Å². The third kappa shape index (κ3) is 3.49. The van der Waals surface area contributed by atoms with E-state index in [1.165, 1.54) is 5.56 Å². The van der Waals surface area contributed by atoms with Crippen LogP contribution in [-0.2, 0) is 11.8 Å². The van der Waals surface area contributed by atoms with Crippen LogP contribution in [0.3, 0.4) is 0 Å². The molecule has 0 aromatic heterocycles. The van der Waals surface area contributed by atoms with Crippen molar-refractivity contribution < 1.29 is 5.11 Å². The fourth-order valence-electron chi connectivity index (χ4n) is 2.32. The molecule has 20 heavy (non-hydrogen) atoms. The molecule has 0 amide bonds. The Morgan fingerprint density at radius 1 is 0.950 bits per heavy atom. The van der Waals surface area contributed by atoms with Gasteiger partial charge in [0.15, 0.2) is 0 Å². The molecule has 0 saturated heterocycles. The molecule has 1 heteroatoms. The van der Waals surface area contributed by atoms with Crippen molar-refractivity contribution >= 4 is 0 Å². The average molecular weight is 268 g/mol. The Balaban J connectivity index is 2.10. The van der Waals surface area contributed by atoms with Crippen molar-refractivity contribution in [2.45, 2.75) is 45.1 Å². The summed E-state index contributed by atoms with van der Waals surface area (Å²) in [6.45, 7) is 6.71. The van der Waals surface area contributed by atoms with Crippen LogP contribution >= 0.6 is 0 Å². The maximum atomic E-state index is 10.3. The SMILES string of the molecule is CCC(C)(C)c1ccc(C(O)Cc2ccccc2)cc1. The minimum Gasteiger partial charge on any atom is -0.388 e. The van der Waals surface area contributed by atoms with Gasteiger partial charge >= 0.3 is 0 Å². The van der Waals surface area contributed by atoms with Crippen LogP contribution in [0.1, 0.15) is 50.0 Å². The molecule has 0 radical (unpaired) electrons. The molecule has 1 N–H and O–H groups in total. The number of hydrogen-bond acceptors (Lipinski definition) is 1. The van der Waals surface area contributed by atoms with E-state index in [-0.39, 0.29) is 5.41 Å². The second-order valence-corrected chi connectivity index (χ2v) is 6.06. The fraction of sp³-hybridized carbons (Fsp3) is 0.368. The normalized spacial score (nSPS) is 13.2. The number of benzene rings is 2. The summed E-state index contributed by atoms with van der Waals surface area (Å²) in [6.07, 6.45) is 1.34. The fourth-order valence-corrected chi connectivity index (χ4v) is 2.32. The molecular formula is C19H24O. The summed E-state index contributed by atoms with van der Waals surface area (Å²) in [5.74, 6) is 0. The van der Waals surface area contributed by atoms with Gasteiger partial charge in [-0.15, -0.1) is 0 Å². The van der Waals surface area contributed by atoms with Gasteiger partial charge in [-0.2, -0.15) is 0 Å². The van der Waals surface area contributed by atoms with Gasteiger partial charge in [-0.3, -0.25) is 0 Å². The van der Waals surface area contributed by atoms with Crippen LogP contribution in [0.15, 0.2) is 54.6 Å². The molecule has 106 valence electrons. The lowest BCUT2D eigenvalue weighted by atomic mass is 9.82. The molecule has 2 rings (SSSR count). The summed E-state index contributed by atoms with van der Waals surface area (Å²) in [6, 6.07) is 18.5. The van der Waals surface area contributed by atoms with E-state index in [0.29, 0.717) is 6.42 Å². The van der Waals surface area contributed by atoms with Gasteiger partial charge < -0.3 is 5.11 Å². The molecule has 1 atom stereocenters. The van der Waals surface area contributed by atoms with Crippen molar-refractivity contribution in [3.8, 4) is 0 Å². The molecule has 0 spiro atoms. The highest BCUT2D eigenvalue weighted by atomic mass is 16.3. The number of aliphatic hydroxyl groups is 1. The van der Waals surface area contributed by atoms with Crippen LogP contribution in [0.2, 0.25) is 0 Å². The molecule has 0 fully saturated rings. The predicted molar refractivity (Wildman–Crippen MR) is 84.9 cm³/mol. The Kier molecular flexibility index (Phi) is 4.61. The van der Waals surface area contributed by atoms with Gasteiger partial charge in [-0.1, -0.05) is 75.4 Å². The van der Waals surface area contributed by atoms with Gasteiger partial charge in [0.1, 0.15) is 0 Å². The highest BCUT2D eigenvalue weighted by Crippen LogP contribution is 2.28. The molecule has 0 saturated carbocycles. The molecule has 0 bridgehead atoms. The van der Waals surface area contributed by atoms with Gasteiger partial charge in [0.2, 0.25) is 0 Å². The van der Waals surface area contributed by atoms with Crippen LogP contribution in [0.25, 0.3) is 0 Å². The first-order valence-corrected chi connectivity index (χ1v) is 7.35. The first kappa shape index (κ1) is 14.8. The van der Waals surface area contributed by atoms with Gasteiger partial charge in [0.25, 0.3) is 0 Å². The molecule has 0 heterocycles. The quantitative estimate of drug-likeness (QED) is 0.837. The van der Waals surface area contributed by atoms with Crippen LogP contribution in [0, 0.1) is 0 Å². The Labute approximate surface area is 122 Å². The zero-order valence-electron chi connectivity index (χ0n) is 12.6. The van der Waals surface area contributed by atoms with Gasteiger partial charge in [-0.25, -0.2) is 0 Å². The van der Waals surface area contributed by atoms with Crippen LogP contribution < -0.4 is 0 Å². The summed E-state index contributed by atoms with van der Waals surface area (Å²) in [7, 11) is 0. The molecule has 0 aliphatic rings. The highest BCUT2D eigenvalue weighted by Gasteiger charge is 2.18. The van der Waals surface area contributed by atoms with Crippen LogP contribution in [-0.4, -0.2) is 5.11 Å². The van der Waals surface area contributed by atoms with Crippen molar-refractivity contribution in [3.05, 3.63) is 71.3 Å². The zero-order chi connectivity index (χ0) is 14.6. The molecular weight excluding hydrogens is 244 g/mol. The zero-order valence-corrected chi connectivity index (χ0v) is 12.6. The highest BCUT2D eigenvalue weighted by molar-refractivity contribution is 5.30. The van der Waals surface area contributed by atoms with E-state index in [4.69, 9.17) is 0 Å². The lowest BCUT2D eigenvalue weighted by molar-refractivity contribution is 0.178. The lowest BCUT2D eigenvalue weighted by Gasteiger charge is -2.24. The van der Waals surface area contributed by atoms with Gasteiger partial charge in [-0.05, 0) is 28.5 Å². The molecule has 1 nitrogen and oxygen atoms in total. The van der Waals surface area contributed by atoms with E-state index >= 15 is 0 Å². The summed E-state index contributed by atoms with van der Waals surface area (Å²) < 4.78 is 0. The summed E-state index contributed by atoms with van der Waals surface area (Å²) >= 11 is 0. The van der Waals surface area contributed by atoms with Gasteiger partial charge in [0.05, 0.1) is 6.10 Å². The van der Waals surface area contributed by atoms with E-state index in [9.17, 15) is 5.11 Å². The van der Waals surface area contributed by atoms with Crippen LogP contribution in [0.5, 0.6) is 0 Å². The average Bonchev–Trinajstić information content (AvgIpc) is 2.48. The summed E-state index contributed by atoms with van der Waals surface area (Å²) in [4.78, 5) is 0. The minimum atomic E-state index is -0.434. The smallest absolute Gasteiger partial charge is 0.0830 e. The Morgan fingerprint density at radius 2 is 1.55 bits per heavy atom. The van der Waals surface area contributed by atoms with Crippen LogP contribution in [0.4, 0.5) is 0 Å². The van der Waals surface area contributed by atoms with Crippen molar-refractivity contribution in [2.24, 2.45) is 0 Å². The first-order chi connectivity index (χ1) is 9.53. The van der Waals surface area contributed by atoms with E-state index in [1.54, 1.807) is 0 Å². The second kappa shape index (κ2) is 6.23. The van der Waals surface area contributed by atoms with Crippen molar-refractivity contribution in [3.63, 3.8) is 0 Å². The monoisotopic (exact) mass is 268 g/mol. The Bertz CT molecular complexity index is 525. The summed E-state index contributed by atoms with van der Waals surface area (Å²) in [5.41, 5.74) is 3.68. The maximum Gasteiger partial charge on any atom is 0.0830 e. The molecule has 0 aliphatic heterocycles. The van der Waals surface area contributed by atoms with Crippen molar-refractivity contribution in [1.29, 1.82) is 0 Å². The summed E-state index contributed by atoms with van der Waals surface area (Å²) in [5, 5.41) is 10.3. The van der Waals surface area contributed by atoms with E-state index in [2.05, 4.69) is 57.2 Å². The van der Waals surface area contributed by atoms with Gasteiger partial charge in [0, 0.05) is 6.42 Å². The predicted octanol–water partition coefficient (Wildman–Crippen LogP) is 4.65. The minimum absolute atomic E-state index is 0.197. The van der Waals surface area contributed by atoms with Crippen molar-refractivity contribution in [1.82, 2.24) is 0 Å². The Morgan fingerprint density at radius 3 is 2.10 bits per heavy atom. The Hall–Kier alpha value is -1.60. The number of aliphatic hydroxyl groups excluding tert-OH is 1. The number of hydrogen-bond donors (Lipinski definition) is 1. The topological polar surface area (TPSA) is 20.2 Å². The molecule has 1 unspecified atom stereocenters. The molecule has 0 aliphatic carbocycles.